The zero-order chi connectivity index (χ0) is 57.9. The van der Waals surface area contributed by atoms with Crippen molar-refractivity contribution >= 4 is 23.8 Å². The van der Waals surface area contributed by atoms with Crippen LogP contribution in [0.15, 0.2) is 36.7 Å². The van der Waals surface area contributed by atoms with Crippen LogP contribution >= 0.6 is 0 Å². The van der Waals surface area contributed by atoms with Crippen molar-refractivity contribution in [2.45, 2.75) is 220 Å². The molecule has 20 heteroatoms. The van der Waals surface area contributed by atoms with E-state index in [9.17, 15) is 19.8 Å². The monoisotopic (exact) mass is 1110 g/mol. The summed E-state index contributed by atoms with van der Waals surface area (Å²) in [5.74, 6) is -7.17. The molecule has 0 bridgehead atoms. The summed E-state index contributed by atoms with van der Waals surface area (Å²) in [6.45, 7) is 28.3. The van der Waals surface area contributed by atoms with Crippen LogP contribution in [0, 0.1) is 41.4 Å². The number of amides is 1. The first-order chi connectivity index (χ1) is 36.7. The molecule has 0 spiro atoms. The largest absolute Gasteiger partial charge is 0.461 e. The summed E-state index contributed by atoms with van der Waals surface area (Å²) in [6.07, 6.45) is -8.96. The second kappa shape index (κ2) is 29.3. The predicted octanol–water partition coefficient (Wildman–Crippen LogP) is 6.20. The second-order valence-electron chi connectivity index (χ2n) is 23.6. The van der Waals surface area contributed by atoms with Crippen molar-refractivity contribution in [1.29, 1.82) is 0 Å². The maximum Gasteiger partial charge on any atom is 0.408 e. The first-order valence-corrected chi connectivity index (χ1v) is 28.2. The second-order valence-corrected chi connectivity index (χ2v) is 23.6. The summed E-state index contributed by atoms with van der Waals surface area (Å²) in [7, 11) is 4.94. The van der Waals surface area contributed by atoms with Gasteiger partial charge in [0.05, 0.1) is 49.0 Å². The van der Waals surface area contributed by atoms with Crippen molar-refractivity contribution in [3.05, 3.63) is 42.2 Å². The Morgan fingerprint density at radius 2 is 1.53 bits per heavy atom. The SMILES string of the molecule is C=C1C[C@@H](C)O[C@@H](O[C@@H]2[C@@H](C)[C@H](O[C@H]3C[C@H](C)N(C)C[C@H](C)O3)[C@@H](C)C(=O)O[C@H]([C@@H](C)CO[C@@H]3O[C@H](C)[C@@H](O)[C@@H](OC)[C@H]3OC)[C@H](C)[C@@H](OC(=O)CC(C)C)[C@@H](C)C(=O)[C@@](C)(OC(=O)NCCc3ccncc3)C[C@@H]2C)[C@@H]1O. The van der Waals surface area contributed by atoms with Crippen LogP contribution in [-0.2, 0) is 72.9 Å². The summed E-state index contributed by atoms with van der Waals surface area (Å²) < 4.78 is 70.3. The summed E-state index contributed by atoms with van der Waals surface area (Å²) >= 11 is 0. The molecule has 1 aromatic heterocycles. The van der Waals surface area contributed by atoms with Gasteiger partial charge in [0.2, 0.25) is 0 Å². The van der Waals surface area contributed by atoms with Gasteiger partial charge in [0.1, 0.15) is 36.6 Å². The number of aliphatic hydroxyl groups excluding tert-OH is 2. The first-order valence-electron chi connectivity index (χ1n) is 28.2. The zero-order valence-corrected chi connectivity index (χ0v) is 49.3. The molecular weight excluding hydrogens is 1010 g/mol. The number of likely N-dealkylation sites (N-methyl/N-ethyl adjacent to an activating group) is 1. The van der Waals surface area contributed by atoms with Crippen LogP contribution in [-0.4, -0.2) is 183 Å². The average Bonchev–Trinajstić information content (AvgIpc) is 3.49. The molecule has 5 rings (SSSR count). The number of rotatable bonds is 17. The van der Waals surface area contributed by atoms with E-state index in [1.807, 2.05) is 67.6 Å². The minimum atomic E-state index is -1.92. The van der Waals surface area contributed by atoms with E-state index >= 15 is 9.59 Å². The molecule has 0 saturated carbocycles. The lowest BCUT2D eigenvalue weighted by atomic mass is 9.74. The summed E-state index contributed by atoms with van der Waals surface area (Å²) in [5, 5.41) is 25.4. The normalized spacial score (nSPS) is 39.3. The number of pyridine rings is 1. The third kappa shape index (κ3) is 17.0. The molecular formula is C58H95N3O17. The Morgan fingerprint density at radius 1 is 0.859 bits per heavy atom. The van der Waals surface area contributed by atoms with E-state index in [0.717, 1.165) is 5.56 Å². The van der Waals surface area contributed by atoms with E-state index in [1.54, 1.807) is 47.0 Å². The molecule has 1 aromatic rings. The number of nitrogens with zero attached hydrogens (tertiary/aromatic N) is 2. The van der Waals surface area contributed by atoms with E-state index in [1.165, 1.54) is 14.2 Å². The third-order valence-corrected chi connectivity index (χ3v) is 16.3. The maximum absolute atomic E-state index is 15.8. The molecule has 20 nitrogen and oxygen atoms in total. The number of carbonyl (C=O) groups excluding carboxylic acids is 4. The lowest BCUT2D eigenvalue weighted by molar-refractivity contribution is -0.305. The number of aromatic nitrogens is 1. The van der Waals surface area contributed by atoms with Gasteiger partial charge >= 0.3 is 18.0 Å². The smallest absolute Gasteiger partial charge is 0.408 e. The van der Waals surface area contributed by atoms with Crippen molar-refractivity contribution in [1.82, 2.24) is 15.2 Å². The standard InChI is InChI=1S/C58H95N3O17/c1-30(2)24-43(62)74-49-38(10)48(33(5)29-70-56-52(69-17)51(68-16)46(64)41(13)73-56)76-54(66)40(12)50(75-44-26-34(6)61(15)28-36(8)71-44)37(9)47(77-55-45(63)31(3)25-35(7)72-55)32(4)27-58(14,53(65)39(49)11)78-57(67)60-23-20-42-18-21-59-22-19-42/h18-19,21-22,30,32-41,44-52,55-56,63-64H,3,20,23-29H2,1-2,4-17H3,(H,60,67)/t32-,33-,34-,35+,36-,37+,38-,39+,40+,41+,44-,45+,46+,47-,48+,49+,50-,51+,52+,55-,56+,58-/m0/s1. The number of hydrogen-bond donors (Lipinski definition) is 3. The number of hydrogen-bond acceptors (Lipinski definition) is 19. The number of cyclic esters (lactones) is 1. The Bertz CT molecular complexity index is 2090. The van der Waals surface area contributed by atoms with Crippen molar-refractivity contribution < 1.29 is 81.5 Å². The highest BCUT2D eigenvalue weighted by Crippen LogP contribution is 2.41. The Labute approximate surface area is 463 Å². The third-order valence-electron chi connectivity index (χ3n) is 16.3. The Kier molecular flexibility index (Phi) is 24.5. The van der Waals surface area contributed by atoms with Gasteiger partial charge in [-0.2, -0.15) is 0 Å². The highest BCUT2D eigenvalue weighted by atomic mass is 16.7. The molecule has 3 N–H and O–H groups in total. The van der Waals surface area contributed by atoms with E-state index in [4.69, 9.17) is 52.1 Å². The fourth-order valence-electron chi connectivity index (χ4n) is 11.8. The molecule has 4 aliphatic rings. The molecule has 22 atom stereocenters. The number of carbonyl (C=O) groups is 4. The molecule has 4 aliphatic heterocycles. The zero-order valence-electron chi connectivity index (χ0n) is 49.3. The molecule has 4 fully saturated rings. The van der Waals surface area contributed by atoms with Crippen molar-refractivity contribution in [3.8, 4) is 0 Å². The molecule has 1 amide bonds. The number of ether oxygens (including phenoxy) is 11. The van der Waals surface area contributed by atoms with Gasteiger partial charge in [0.15, 0.2) is 30.3 Å². The average molecular weight is 1110 g/mol. The van der Waals surface area contributed by atoms with E-state index in [2.05, 4.69) is 28.7 Å². The molecule has 0 unspecified atom stereocenters. The Balaban J connectivity index is 1.67. The van der Waals surface area contributed by atoms with Gasteiger partial charge in [-0.05, 0) is 103 Å². The molecule has 5 heterocycles. The van der Waals surface area contributed by atoms with Crippen LogP contribution in [0.4, 0.5) is 4.79 Å². The van der Waals surface area contributed by atoms with Crippen LogP contribution in [0.3, 0.4) is 0 Å². The van der Waals surface area contributed by atoms with Gasteiger partial charge in [-0.3, -0.25) is 19.4 Å². The topological polar surface area (TPSA) is 238 Å². The van der Waals surface area contributed by atoms with Gasteiger partial charge in [-0.25, -0.2) is 4.79 Å². The lowest BCUT2D eigenvalue weighted by Gasteiger charge is -2.45. The quantitative estimate of drug-likeness (QED) is 0.0894. The Morgan fingerprint density at radius 3 is 2.17 bits per heavy atom. The van der Waals surface area contributed by atoms with Crippen LogP contribution < -0.4 is 5.32 Å². The summed E-state index contributed by atoms with van der Waals surface area (Å²) in [5.41, 5.74) is -0.487. The molecule has 0 radical (unpaired) electrons. The molecule has 444 valence electrons. The molecule has 78 heavy (non-hydrogen) atoms. The Hall–Kier alpha value is -3.67. The van der Waals surface area contributed by atoms with Gasteiger partial charge in [-0.15, -0.1) is 0 Å². The van der Waals surface area contributed by atoms with E-state index in [-0.39, 0.29) is 50.2 Å². The van der Waals surface area contributed by atoms with Crippen molar-refractivity contribution in [2.75, 3.05) is 41.0 Å². The van der Waals surface area contributed by atoms with Gasteiger partial charge in [0, 0.05) is 76.3 Å². The summed E-state index contributed by atoms with van der Waals surface area (Å²) in [4.78, 5) is 65.6. The van der Waals surface area contributed by atoms with Crippen molar-refractivity contribution in [3.63, 3.8) is 0 Å². The van der Waals surface area contributed by atoms with Gasteiger partial charge < -0.3 is 72.5 Å². The maximum atomic E-state index is 15.8. The van der Waals surface area contributed by atoms with Crippen LogP contribution in [0.2, 0.25) is 0 Å². The summed E-state index contributed by atoms with van der Waals surface area (Å²) in [6, 6.07) is 3.70. The molecule has 0 aliphatic carbocycles. The van der Waals surface area contributed by atoms with Gasteiger partial charge in [-0.1, -0.05) is 55.0 Å². The molecule has 0 aromatic carbocycles. The number of Topliss-reactive ketones (excluding diaryl/α,β-unsaturated/α-hetero) is 1. The predicted molar refractivity (Wildman–Crippen MR) is 287 cm³/mol. The highest BCUT2D eigenvalue weighted by molar-refractivity contribution is 5.91. The lowest BCUT2D eigenvalue weighted by Crippen LogP contribution is -2.59. The van der Waals surface area contributed by atoms with E-state index < -0.39 is 139 Å². The number of aliphatic hydroxyl groups is 2. The van der Waals surface area contributed by atoms with Crippen molar-refractivity contribution in [2.24, 2.45) is 41.4 Å². The highest BCUT2D eigenvalue weighted by Gasteiger charge is 2.52. The fourth-order valence-corrected chi connectivity index (χ4v) is 11.8. The number of nitrogens with one attached hydrogen (secondary N) is 1. The van der Waals surface area contributed by atoms with Gasteiger partial charge in [0.25, 0.3) is 0 Å². The minimum Gasteiger partial charge on any atom is -0.461 e. The first kappa shape index (κ1) is 65.1. The minimum absolute atomic E-state index is 0.0173. The number of methoxy groups -OCH3 is 2. The van der Waals surface area contributed by atoms with E-state index in [0.29, 0.717) is 31.4 Å². The molecule has 4 saturated heterocycles. The number of esters is 2. The number of alkyl carbamates (subject to hydrolysis) is 1. The van der Waals surface area contributed by atoms with Crippen LogP contribution in [0.5, 0.6) is 0 Å². The fraction of sp³-hybridized carbons (Fsp3) is 0.810. The van der Waals surface area contributed by atoms with Crippen LogP contribution in [0.1, 0.15) is 121 Å². The number of ketones is 1. The van der Waals surface area contributed by atoms with Crippen LogP contribution in [0.25, 0.3) is 0 Å².